The summed E-state index contributed by atoms with van der Waals surface area (Å²) in [6, 6.07) is 6.70. The van der Waals surface area contributed by atoms with Crippen LogP contribution in [0.25, 0.3) is 0 Å². The monoisotopic (exact) mass is 384 g/mol. The van der Waals surface area contributed by atoms with Gasteiger partial charge in [-0.15, -0.1) is 11.8 Å². The van der Waals surface area contributed by atoms with E-state index in [1.54, 1.807) is 24.3 Å². The maximum Gasteiger partial charge on any atom is 0.309 e. The molecule has 2 heterocycles. The molecule has 2 aliphatic heterocycles. The second-order valence-electron chi connectivity index (χ2n) is 6.38. The molecule has 0 saturated carbocycles. The minimum absolute atomic E-state index is 0.0434. The van der Waals surface area contributed by atoms with Crippen LogP contribution in [0.1, 0.15) is 19.3 Å². The summed E-state index contributed by atoms with van der Waals surface area (Å²) in [6.07, 6.45) is 2.48. The van der Waals surface area contributed by atoms with Crippen molar-refractivity contribution in [2.24, 2.45) is 5.92 Å². The predicted octanol–water partition coefficient (Wildman–Crippen LogP) is 1.15. The molecule has 1 unspecified atom stereocenters. The molecule has 1 atom stereocenters. The molecule has 2 fully saturated rings. The van der Waals surface area contributed by atoms with Crippen LogP contribution in [0.2, 0.25) is 0 Å². The maximum absolute atomic E-state index is 12.8. The van der Waals surface area contributed by atoms with Crippen LogP contribution >= 0.6 is 11.8 Å². The molecule has 2 N–H and O–H groups in total. The average molecular weight is 384 g/mol. The van der Waals surface area contributed by atoms with E-state index in [-0.39, 0.29) is 30.3 Å². The number of piperidine rings is 1. The number of rotatable bonds is 4. The summed E-state index contributed by atoms with van der Waals surface area (Å²) in [5.41, 5.74) is -0.836. The quantitative estimate of drug-likeness (QED) is 0.755. The van der Waals surface area contributed by atoms with Gasteiger partial charge in [-0.25, -0.2) is 8.42 Å². The van der Waals surface area contributed by atoms with Gasteiger partial charge in [0.15, 0.2) is 0 Å². The van der Waals surface area contributed by atoms with Gasteiger partial charge in [0.1, 0.15) is 0 Å². The molecule has 2 aliphatic rings. The van der Waals surface area contributed by atoms with E-state index in [4.69, 9.17) is 0 Å². The number of nitrogens with one attached hydrogen (secondary N) is 1. The highest BCUT2D eigenvalue weighted by Gasteiger charge is 2.52. The lowest BCUT2D eigenvalue weighted by molar-refractivity contribution is -0.144. The number of nitrogens with zero attached hydrogens (tertiary/aromatic N) is 1. The van der Waals surface area contributed by atoms with E-state index in [9.17, 15) is 23.1 Å². The predicted molar refractivity (Wildman–Crippen MR) is 92.8 cm³/mol. The van der Waals surface area contributed by atoms with Crippen molar-refractivity contribution in [2.75, 3.05) is 19.3 Å². The molecule has 2 saturated heterocycles. The minimum atomic E-state index is -3.62. The molecule has 1 aromatic carbocycles. The van der Waals surface area contributed by atoms with Crippen LogP contribution in [0, 0.1) is 5.92 Å². The van der Waals surface area contributed by atoms with Gasteiger partial charge in [-0.1, -0.05) is 0 Å². The van der Waals surface area contributed by atoms with Crippen molar-refractivity contribution in [3.63, 3.8) is 0 Å². The Hall–Kier alpha value is -1.58. The fraction of sp³-hybridized carbons (Fsp3) is 0.500. The largest absolute Gasteiger partial charge is 0.481 e. The van der Waals surface area contributed by atoms with Gasteiger partial charge >= 0.3 is 5.97 Å². The molecule has 1 spiro atoms. The summed E-state index contributed by atoms with van der Waals surface area (Å²) in [7, 11) is -3.62. The smallest absolute Gasteiger partial charge is 0.309 e. The number of aliphatic carboxylic acids is 1. The standard InChI is InChI=1S/C16H20N2O5S2/c1-24-11-2-4-12(5-3-11)25(22,23)18-8-6-16(7-9-18)13(15(20)21)10-14(19)17-16/h2-5,13H,6-10H2,1H3,(H,17,19)(H,20,21). The number of carboxylic acid groups (broad SMARTS) is 1. The number of benzene rings is 1. The van der Waals surface area contributed by atoms with E-state index in [1.807, 2.05) is 6.26 Å². The van der Waals surface area contributed by atoms with Crippen LogP contribution in [0.3, 0.4) is 0 Å². The van der Waals surface area contributed by atoms with Gasteiger partial charge in [0.05, 0.1) is 16.4 Å². The van der Waals surface area contributed by atoms with Gasteiger partial charge in [0.2, 0.25) is 15.9 Å². The van der Waals surface area contributed by atoms with E-state index in [1.165, 1.54) is 16.1 Å². The average Bonchev–Trinajstić information content (AvgIpc) is 2.91. The first-order chi connectivity index (χ1) is 11.8. The molecule has 0 bridgehead atoms. The third-order valence-electron chi connectivity index (χ3n) is 5.05. The van der Waals surface area contributed by atoms with E-state index >= 15 is 0 Å². The Labute approximate surface area is 150 Å². The zero-order valence-corrected chi connectivity index (χ0v) is 15.4. The zero-order valence-electron chi connectivity index (χ0n) is 13.8. The highest BCUT2D eigenvalue weighted by Crippen LogP contribution is 2.38. The van der Waals surface area contributed by atoms with Crippen LogP contribution in [0.15, 0.2) is 34.1 Å². The Balaban J connectivity index is 1.77. The second kappa shape index (κ2) is 6.62. The number of thioether (sulfide) groups is 1. The lowest BCUT2D eigenvalue weighted by Crippen LogP contribution is -2.56. The lowest BCUT2D eigenvalue weighted by Gasteiger charge is -2.40. The van der Waals surface area contributed by atoms with Crippen molar-refractivity contribution in [3.8, 4) is 0 Å². The molecule has 1 amide bonds. The minimum Gasteiger partial charge on any atom is -0.481 e. The number of carbonyl (C=O) groups excluding carboxylic acids is 1. The van der Waals surface area contributed by atoms with Crippen LogP contribution in [0.5, 0.6) is 0 Å². The third kappa shape index (κ3) is 3.28. The molecule has 0 aromatic heterocycles. The molecule has 7 nitrogen and oxygen atoms in total. The molecule has 9 heteroatoms. The zero-order chi connectivity index (χ0) is 18.2. The summed E-state index contributed by atoms with van der Waals surface area (Å²) in [4.78, 5) is 24.3. The van der Waals surface area contributed by atoms with Crippen LogP contribution in [0.4, 0.5) is 0 Å². The third-order valence-corrected chi connectivity index (χ3v) is 7.71. The first-order valence-electron chi connectivity index (χ1n) is 7.96. The fourth-order valence-corrected chi connectivity index (χ4v) is 5.47. The molecule has 1 aromatic rings. The second-order valence-corrected chi connectivity index (χ2v) is 9.20. The summed E-state index contributed by atoms with van der Waals surface area (Å²) in [5.74, 6) is -2.09. The molecule has 0 radical (unpaired) electrons. The molecule has 0 aliphatic carbocycles. The number of hydrogen-bond donors (Lipinski definition) is 2. The number of carbonyl (C=O) groups is 2. The van der Waals surface area contributed by atoms with Crippen LogP contribution in [-0.2, 0) is 19.6 Å². The van der Waals surface area contributed by atoms with Gasteiger partial charge in [-0.2, -0.15) is 4.31 Å². The van der Waals surface area contributed by atoms with Crippen molar-refractivity contribution in [3.05, 3.63) is 24.3 Å². The van der Waals surface area contributed by atoms with Gasteiger partial charge in [-0.05, 0) is 43.4 Å². The van der Waals surface area contributed by atoms with Crippen molar-refractivity contribution in [1.29, 1.82) is 0 Å². The summed E-state index contributed by atoms with van der Waals surface area (Å²) >= 11 is 1.54. The molecule has 25 heavy (non-hydrogen) atoms. The molecular formula is C16H20N2O5S2. The van der Waals surface area contributed by atoms with Crippen molar-refractivity contribution < 1.29 is 23.1 Å². The van der Waals surface area contributed by atoms with Crippen molar-refractivity contribution in [1.82, 2.24) is 9.62 Å². The van der Waals surface area contributed by atoms with Crippen LogP contribution in [-0.4, -0.2) is 54.6 Å². The van der Waals surface area contributed by atoms with Crippen molar-refractivity contribution in [2.45, 2.75) is 34.6 Å². The number of hydrogen-bond acceptors (Lipinski definition) is 5. The van der Waals surface area contributed by atoms with Crippen LogP contribution < -0.4 is 5.32 Å². The topological polar surface area (TPSA) is 104 Å². The first-order valence-corrected chi connectivity index (χ1v) is 10.6. The molecule has 3 rings (SSSR count). The summed E-state index contributed by atoms with van der Waals surface area (Å²) in [5, 5.41) is 12.2. The Bertz CT molecular complexity index is 783. The Morgan fingerprint density at radius 1 is 1.28 bits per heavy atom. The molecule has 136 valence electrons. The summed E-state index contributed by atoms with van der Waals surface area (Å²) < 4.78 is 26.9. The van der Waals surface area contributed by atoms with Gasteiger partial charge in [0.25, 0.3) is 0 Å². The van der Waals surface area contributed by atoms with E-state index in [0.29, 0.717) is 12.8 Å². The lowest BCUT2D eigenvalue weighted by atomic mass is 9.78. The van der Waals surface area contributed by atoms with Crippen molar-refractivity contribution >= 4 is 33.7 Å². The van der Waals surface area contributed by atoms with Gasteiger partial charge < -0.3 is 10.4 Å². The van der Waals surface area contributed by atoms with E-state index < -0.39 is 27.4 Å². The highest BCUT2D eigenvalue weighted by atomic mass is 32.2. The fourth-order valence-electron chi connectivity index (χ4n) is 3.62. The van der Waals surface area contributed by atoms with E-state index in [2.05, 4.69) is 5.32 Å². The number of carboxylic acids is 1. The Morgan fingerprint density at radius 3 is 2.40 bits per heavy atom. The summed E-state index contributed by atoms with van der Waals surface area (Å²) in [6.45, 7) is 0.382. The Morgan fingerprint density at radius 2 is 1.88 bits per heavy atom. The maximum atomic E-state index is 12.8. The normalized spacial score (nSPS) is 23.6. The SMILES string of the molecule is CSc1ccc(S(=O)(=O)N2CCC3(CC2)NC(=O)CC3C(=O)O)cc1. The number of amides is 1. The van der Waals surface area contributed by atoms with Gasteiger partial charge in [-0.3, -0.25) is 9.59 Å². The first kappa shape index (κ1) is 18.2. The Kier molecular flexibility index (Phi) is 4.82. The van der Waals surface area contributed by atoms with Gasteiger partial charge in [0, 0.05) is 24.4 Å². The molecular weight excluding hydrogens is 364 g/mol. The number of sulfonamides is 1. The van der Waals surface area contributed by atoms with E-state index in [0.717, 1.165) is 4.90 Å². The highest BCUT2D eigenvalue weighted by molar-refractivity contribution is 7.98.